The fraction of sp³-hybridized carbons (Fsp3) is 0.548. The summed E-state index contributed by atoms with van der Waals surface area (Å²) in [6.45, 7) is 14.8. The van der Waals surface area contributed by atoms with Crippen molar-refractivity contribution in [2.24, 2.45) is 0 Å². The van der Waals surface area contributed by atoms with Gasteiger partial charge in [-0.2, -0.15) is 0 Å². The highest BCUT2D eigenvalue weighted by atomic mass is 16.7. The topological polar surface area (TPSA) is 71.1 Å². The summed E-state index contributed by atoms with van der Waals surface area (Å²) in [6, 6.07) is 13.6. The standard InChI is InChI=1S/C31H44O6/c1-9-10-16-23(36-21-35-20-22-14-12-11-13-15-22)19-27(32)29(33)37-28-25(30(2,3)4)17-24(34-8)18-26(28)31(5,6)7/h11-15,17-18,23H,9-10,16,19-21H2,1-8H3/t23-/m1/s1. The average Bonchev–Trinajstić information content (AvgIpc) is 2.84. The first-order valence-electron chi connectivity index (χ1n) is 13.1. The zero-order valence-corrected chi connectivity index (χ0v) is 23.8. The van der Waals surface area contributed by atoms with Crippen LogP contribution in [0, 0.1) is 0 Å². The molecule has 0 amide bonds. The van der Waals surface area contributed by atoms with E-state index in [9.17, 15) is 9.59 Å². The first kappa shape index (κ1) is 30.5. The Morgan fingerprint density at radius 3 is 2.03 bits per heavy atom. The molecule has 37 heavy (non-hydrogen) atoms. The van der Waals surface area contributed by atoms with Gasteiger partial charge in [0.1, 0.15) is 18.3 Å². The van der Waals surface area contributed by atoms with E-state index in [1.54, 1.807) is 7.11 Å². The monoisotopic (exact) mass is 512 g/mol. The predicted octanol–water partition coefficient (Wildman–Crippen LogP) is 6.90. The third-order valence-corrected chi connectivity index (χ3v) is 6.13. The van der Waals surface area contributed by atoms with Crippen LogP contribution in [0.25, 0.3) is 0 Å². The molecule has 1 atom stereocenters. The molecule has 6 nitrogen and oxygen atoms in total. The Bertz CT molecular complexity index is 979. The van der Waals surface area contributed by atoms with Crippen LogP contribution in [-0.4, -0.2) is 31.8 Å². The summed E-state index contributed by atoms with van der Waals surface area (Å²) in [7, 11) is 1.61. The van der Waals surface area contributed by atoms with Gasteiger partial charge >= 0.3 is 5.97 Å². The van der Waals surface area contributed by atoms with Gasteiger partial charge in [-0.3, -0.25) is 4.79 Å². The molecule has 2 aromatic rings. The van der Waals surface area contributed by atoms with Gasteiger partial charge in [0.15, 0.2) is 0 Å². The maximum atomic E-state index is 13.1. The molecule has 2 rings (SSSR count). The van der Waals surface area contributed by atoms with Crippen molar-refractivity contribution < 1.29 is 28.5 Å². The van der Waals surface area contributed by atoms with Gasteiger partial charge in [0, 0.05) is 17.5 Å². The summed E-state index contributed by atoms with van der Waals surface area (Å²) in [5.74, 6) is -0.378. The fourth-order valence-corrected chi connectivity index (χ4v) is 3.94. The molecule has 204 valence electrons. The predicted molar refractivity (Wildman–Crippen MR) is 146 cm³/mol. The van der Waals surface area contributed by atoms with E-state index in [0.29, 0.717) is 24.5 Å². The fourth-order valence-electron chi connectivity index (χ4n) is 3.94. The van der Waals surface area contributed by atoms with Crippen molar-refractivity contribution in [3.63, 3.8) is 0 Å². The Morgan fingerprint density at radius 2 is 1.51 bits per heavy atom. The second-order valence-electron chi connectivity index (χ2n) is 11.5. The second kappa shape index (κ2) is 13.7. The van der Waals surface area contributed by atoms with Gasteiger partial charge in [0.25, 0.3) is 0 Å². The maximum absolute atomic E-state index is 13.1. The highest BCUT2D eigenvalue weighted by Gasteiger charge is 2.31. The van der Waals surface area contributed by atoms with Gasteiger partial charge < -0.3 is 18.9 Å². The first-order chi connectivity index (χ1) is 17.4. The molecule has 0 radical (unpaired) electrons. The minimum atomic E-state index is -0.878. The third kappa shape index (κ3) is 9.60. The number of carbonyl (C=O) groups is 2. The Balaban J connectivity index is 2.15. The van der Waals surface area contributed by atoms with Crippen molar-refractivity contribution in [3.05, 3.63) is 59.2 Å². The van der Waals surface area contributed by atoms with Crippen LogP contribution in [0.2, 0.25) is 0 Å². The minimum Gasteiger partial charge on any atom is -0.497 e. The number of unbranched alkanes of at least 4 members (excludes halogenated alkanes) is 1. The minimum absolute atomic E-state index is 0.0480. The van der Waals surface area contributed by atoms with Crippen LogP contribution in [0.15, 0.2) is 42.5 Å². The third-order valence-electron chi connectivity index (χ3n) is 6.13. The quantitative estimate of drug-likeness (QED) is 0.0955. The van der Waals surface area contributed by atoms with Crippen LogP contribution < -0.4 is 9.47 Å². The SMILES string of the molecule is CCCC[C@H](CC(=O)C(=O)Oc1c(C(C)(C)C)cc(OC)cc1C(C)(C)C)OCOCc1ccccc1. The number of ether oxygens (including phenoxy) is 4. The number of Topliss-reactive ketones (excluding diaryl/α,β-unsaturated/α-hetero) is 1. The lowest BCUT2D eigenvalue weighted by Gasteiger charge is -2.29. The van der Waals surface area contributed by atoms with Crippen LogP contribution in [0.4, 0.5) is 0 Å². The summed E-state index contributed by atoms with van der Waals surface area (Å²) in [5, 5.41) is 0. The number of esters is 1. The number of ketones is 1. The largest absolute Gasteiger partial charge is 0.497 e. The Labute approximate surface area is 222 Å². The number of methoxy groups -OCH3 is 1. The summed E-state index contributed by atoms with van der Waals surface area (Å²) in [6.07, 6.45) is 2.02. The molecule has 6 heteroatoms. The molecule has 0 heterocycles. The molecule has 0 saturated heterocycles. The highest BCUT2D eigenvalue weighted by Crippen LogP contribution is 2.42. The average molecular weight is 513 g/mol. The van der Waals surface area contributed by atoms with Crippen LogP contribution in [0.5, 0.6) is 11.5 Å². The normalized spacial score (nSPS) is 12.8. The zero-order chi connectivity index (χ0) is 27.6. The van der Waals surface area contributed by atoms with E-state index in [1.165, 1.54) is 0 Å². The molecule has 0 N–H and O–H groups in total. The summed E-state index contributed by atoms with van der Waals surface area (Å²) in [5.41, 5.74) is 1.99. The highest BCUT2D eigenvalue weighted by molar-refractivity contribution is 6.34. The molecule has 2 aromatic carbocycles. The lowest BCUT2D eigenvalue weighted by Crippen LogP contribution is -2.29. The van der Waals surface area contributed by atoms with Crippen molar-refractivity contribution in [2.45, 2.75) is 97.7 Å². The molecule has 0 spiro atoms. The smallest absolute Gasteiger partial charge is 0.380 e. The number of rotatable bonds is 13. The Morgan fingerprint density at radius 1 is 0.919 bits per heavy atom. The number of hydrogen-bond acceptors (Lipinski definition) is 6. The molecular formula is C31H44O6. The molecule has 0 aliphatic carbocycles. The first-order valence-corrected chi connectivity index (χ1v) is 13.1. The van der Waals surface area contributed by atoms with Gasteiger partial charge in [-0.25, -0.2) is 4.79 Å². The van der Waals surface area contributed by atoms with Gasteiger partial charge in [-0.05, 0) is 34.9 Å². The number of hydrogen-bond donors (Lipinski definition) is 0. The molecule has 0 unspecified atom stereocenters. The van der Waals surface area contributed by atoms with Crippen molar-refractivity contribution >= 4 is 11.8 Å². The van der Waals surface area contributed by atoms with E-state index >= 15 is 0 Å². The van der Waals surface area contributed by atoms with Crippen molar-refractivity contribution in [2.75, 3.05) is 13.9 Å². The van der Waals surface area contributed by atoms with E-state index < -0.39 is 17.9 Å². The molecule has 0 aliphatic rings. The van der Waals surface area contributed by atoms with Crippen molar-refractivity contribution in [3.8, 4) is 11.5 Å². The van der Waals surface area contributed by atoms with E-state index in [-0.39, 0.29) is 24.0 Å². The number of benzene rings is 2. The van der Waals surface area contributed by atoms with E-state index in [1.807, 2.05) is 84.0 Å². The zero-order valence-electron chi connectivity index (χ0n) is 23.8. The van der Waals surface area contributed by atoms with E-state index in [2.05, 4.69) is 6.92 Å². The van der Waals surface area contributed by atoms with Crippen molar-refractivity contribution in [1.82, 2.24) is 0 Å². The lowest BCUT2D eigenvalue weighted by molar-refractivity contribution is -0.150. The lowest BCUT2D eigenvalue weighted by atomic mass is 9.79. The number of carbonyl (C=O) groups excluding carboxylic acids is 2. The molecule has 0 bridgehead atoms. The van der Waals surface area contributed by atoms with Crippen molar-refractivity contribution in [1.29, 1.82) is 0 Å². The van der Waals surface area contributed by atoms with Crippen LogP contribution in [-0.2, 0) is 36.5 Å². The summed E-state index contributed by atoms with van der Waals surface area (Å²) < 4.78 is 22.9. The molecule has 0 aromatic heterocycles. The summed E-state index contributed by atoms with van der Waals surface area (Å²) >= 11 is 0. The summed E-state index contributed by atoms with van der Waals surface area (Å²) in [4.78, 5) is 26.1. The van der Waals surface area contributed by atoms with Gasteiger partial charge in [0.2, 0.25) is 5.78 Å². The van der Waals surface area contributed by atoms with Gasteiger partial charge in [-0.1, -0.05) is 91.6 Å². The van der Waals surface area contributed by atoms with E-state index in [0.717, 1.165) is 29.5 Å². The van der Waals surface area contributed by atoms with Crippen LogP contribution in [0.3, 0.4) is 0 Å². The molecule has 0 aliphatic heterocycles. The molecule has 0 fully saturated rings. The molecular weight excluding hydrogens is 468 g/mol. The Hall–Kier alpha value is -2.70. The molecule has 0 saturated carbocycles. The van der Waals surface area contributed by atoms with Crippen LogP contribution >= 0.6 is 0 Å². The van der Waals surface area contributed by atoms with Gasteiger partial charge in [-0.15, -0.1) is 0 Å². The Kier molecular flexibility index (Phi) is 11.3. The maximum Gasteiger partial charge on any atom is 0.380 e. The van der Waals surface area contributed by atoms with Crippen LogP contribution in [0.1, 0.15) is 90.8 Å². The van der Waals surface area contributed by atoms with E-state index in [4.69, 9.17) is 18.9 Å². The second-order valence-corrected chi connectivity index (χ2v) is 11.5. The van der Waals surface area contributed by atoms with Gasteiger partial charge in [0.05, 0.1) is 19.8 Å².